The van der Waals surface area contributed by atoms with Crippen molar-refractivity contribution in [3.05, 3.63) is 25.3 Å². The summed E-state index contributed by atoms with van der Waals surface area (Å²) in [5.74, 6) is 4.28. The van der Waals surface area contributed by atoms with Crippen LogP contribution in [0.2, 0.25) is 0 Å². The third kappa shape index (κ3) is 8.87. The number of hydrogen-bond donors (Lipinski definition) is 0. The smallest absolute Gasteiger partial charge is 0.254 e. The van der Waals surface area contributed by atoms with Crippen molar-refractivity contribution < 1.29 is 25.2 Å². The quantitative estimate of drug-likeness (QED) is 0.374. The van der Waals surface area contributed by atoms with Gasteiger partial charge < -0.3 is 0 Å². The van der Waals surface area contributed by atoms with Gasteiger partial charge in [-0.25, -0.2) is 0 Å². The predicted molar refractivity (Wildman–Crippen MR) is 76.8 cm³/mol. The standard InChI is InChI=1S/C12H18O6S2/c1-5-9-19(13,14)17-11(3)7-8-12(4)18-20(15,16)10-6-2/h5-6,11-12H,1-2,9-10H2,3-4H3. The second-order valence-electron chi connectivity index (χ2n) is 3.79. The minimum atomic E-state index is -3.72. The molecule has 0 amide bonds. The number of hydrogen-bond acceptors (Lipinski definition) is 6. The van der Waals surface area contributed by atoms with Crippen molar-refractivity contribution in [1.29, 1.82) is 0 Å². The average Bonchev–Trinajstić information content (AvgIpc) is 2.24. The minimum absolute atomic E-state index is 0.321. The van der Waals surface area contributed by atoms with Gasteiger partial charge in [0.2, 0.25) is 0 Å². The summed E-state index contributed by atoms with van der Waals surface area (Å²) >= 11 is 0. The lowest BCUT2D eigenvalue weighted by atomic mass is 10.3. The Labute approximate surface area is 120 Å². The van der Waals surface area contributed by atoms with E-state index in [0.717, 1.165) is 0 Å². The van der Waals surface area contributed by atoms with Crippen LogP contribution in [0.25, 0.3) is 0 Å². The van der Waals surface area contributed by atoms with E-state index in [1.807, 2.05) is 0 Å². The lowest BCUT2D eigenvalue weighted by molar-refractivity contribution is 0.274. The molecule has 0 bridgehead atoms. The molecule has 0 aromatic heterocycles. The Morgan fingerprint density at radius 1 is 0.900 bits per heavy atom. The van der Waals surface area contributed by atoms with Crippen LogP contribution in [-0.4, -0.2) is 40.5 Å². The first-order chi connectivity index (χ1) is 9.12. The molecule has 8 heteroatoms. The monoisotopic (exact) mass is 322 g/mol. The third-order valence-electron chi connectivity index (χ3n) is 1.72. The van der Waals surface area contributed by atoms with Gasteiger partial charge in [0.1, 0.15) is 12.2 Å². The highest BCUT2D eigenvalue weighted by atomic mass is 32.2. The summed E-state index contributed by atoms with van der Waals surface area (Å²) < 4.78 is 54.6. The van der Waals surface area contributed by atoms with E-state index in [4.69, 9.17) is 8.37 Å². The Bertz CT molecular complexity index is 540. The first-order valence-corrected chi connectivity index (χ1v) is 8.82. The van der Waals surface area contributed by atoms with Gasteiger partial charge in [0.25, 0.3) is 20.2 Å². The molecule has 0 fully saturated rings. The molecule has 0 rings (SSSR count). The van der Waals surface area contributed by atoms with E-state index in [0.29, 0.717) is 0 Å². The minimum Gasteiger partial charge on any atom is -0.254 e. The van der Waals surface area contributed by atoms with Crippen LogP contribution in [0.5, 0.6) is 0 Å². The first kappa shape index (κ1) is 18.9. The van der Waals surface area contributed by atoms with Crippen molar-refractivity contribution in [3.8, 4) is 11.8 Å². The second-order valence-corrected chi connectivity index (χ2v) is 7.07. The van der Waals surface area contributed by atoms with E-state index >= 15 is 0 Å². The molecule has 0 saturated carbocycles. The molecule has 20 heavy (non-hydrogen) atoms. The Morgan fingerprint density at radius 2 is 1.20 bits per heavy atom. The van der Waals surface area contributed by atoms with Crippen LogP contribution >= 0.6 is 0 Å². The highest BCUT2D eigenvalue weighted by molar-refractivity contribution is 7.87. The van der Waals surface area contributed by atoms with Crippen molar-refractivity contribution in [3.63, 3.8) is 0 Å². The molecule has 2 atom stereocenters. The Kier molecular flexibility index (Phi) is 7.75. The van der Waals surface area contributed by atoms with Crippen LogP contribution in [0, 0.1) is 11.8 Å². The van der Waals surface area contributed by atoms with Crippen LogP contribution in [0.3, 0.4) is 0 Å². The maximum absolute atomic E-state index is 11.3. The van der Waals surface area contributed by atoms with Gasteiger partial charge in [-0.2, -0.15) is 16.8 Å². The van der Waals surface area contributed by atoms with Crippen molar-refractivity contribution in [2.45, 2.75) is 26.1 Å². The molecule has 6 nitrogen and oxygen atoms in total. The van der Waals surface area contributed by atoms with E-state index in [1.165, 1.54) is 26.0 Å². The van der Waals surface area contributed by atoms with Crippen LogP contribution in [0.15, 0.2) is 25.3 Å². The summed E-state index contributed by atoms with van der Waals surface area (Å²) in [6.07, 6.45) is 0.577. The van der Waals surface area contributed by atoms with Gasteiger partial charge in [0, 0.05) is 0 Å². The van der Waals surface area contributed by atoms with Gasteiger partial charge in [-0.15, -0.1) is 13.2 Å². The zero-order valence-corrected chi connectivity index (χ0v) is 13.0. The van der Waals surface area contributed by atoms with Gasteiger partial charge >= 0.3 is 0 Å². The SMILES string of the molecule is C=CCS(=O)(=O)OC(C)C#CC(C)OS(=O)(=O)CC=C. The van der Waals surface area contributed by atoms with Crippen molar-refractivity contribution in [2.24, 2.45) is 0 Å². The van der Waals surface area contributed by atoms with E-state index in [9.17, 15) is 16.8 Å². The third-order valence-corrected chi connectivity index (χ3v) is 4.17. The first-order valence-electron chi connectivity index (χ1n) is 5.66. The molecular formula is C12H18O6S2. The topological polar surface area (TPSA) is 86.7 Å². The van der Waals surface area contributed by atoms with Crippen LogP contribution in [0.4, 0.5) is 0 Å². The molecule has 0 saturated heterocycles. The van der Waals surface area contributed by atoms with Gasteiger partial charge in [-0.05, 0) is 13.8 Å². The van der Waals surface area contributed by atoms with Gasteiger partial charge in [0.15, 0.2) is 0 Å². The van der Waals surface area contributed by atoms with E-state index in [1.54, 1.807) is 0 Å². The molecule has 0 spiro atoms. The molecule has 0 radical (unpaired) electrons. The summed E-state index contributed by atoms with van der Waals surface area (Å²) in [5.41, 5.74) is 0. The molecule has 0 heterocycles. The van der Waals surface area contributed by atoms with E-state index in [-0.39, 0.29) is 11.5 Å². The van der Waals surface area contributed by atoms with Crippen LogP contribution in [-0.2, 0) is 28.6 Å². The molecule has 0 aliphatic rings. The van der Waals surface area contributed by atoms with Crippen molar-refractivity contribution in [1.82, 2.24) is 0 Å². The summed E-state index contributed by atoms with van der Waals surface area (Å²) in [6.45, 7) is 9.45. The molecular weight excluding hydrogens is 304 g/mol. The molecule has 2 unspecified atom stereocenters. The normalized spacial score (nSPS) is 14.7. The summed E-state index contributed by atoms with van der Waals surface area (Å²) in [7, 11) is -7.43. The summed E-state index contributed by atoms with van der Waals surface area (Å²) in [4.78, 5) is 0. The molecule has 0 aliphatic heterocycles. The van der Waals surface area contributed by atoms with Gasteiger partial charge in [-0.3, -0.25) is 8.37 Å². The molecule has 0 aliphatic carbocycles. The second kappa shape index (κ2) is 8.21. The van der Waals surface area contributed by atoms with Crippen molar-refractivity contribution >= 4 is 20.2 Å². The lowest BCUT2D eigenvalue weighted by Crippen LogP contribution is -2.18. The zero-order valence-electron chi connectivity index (χ0n) is 11.4. The fraction of sp³-hybridized carbons (Fsp3) is 0.500. The summed E-state index contributed by atoms with van der Waals surface area (Å²) in [5, 5.41) is 0. The maximum atomic E-state index is 11.3. The fourth-order valence-corrected chi connectivity index (χ4v) is 2.80. The highest BCUT2D eigenvalue weighted by Crippen LogP contribution is 2.02. The highest BCUT2D eigenvalue weighted by Gasteiger charge is 2.14. The average molecular weight is 322 g/mol. The van der Waals surface area contributed by atoms with Gasteiger partial charge in [0.05, 0.1) is 11.5 Å². The molecule has 114 valence electrons. The molecule has 0 aromatic rings. The van der Waals surface area contributed by atoms with Crippen LogP contribution in [0.1, 0.15) is 13.8 Å². The Hall–Kier alpha value is -1.14. The van der Waals surface area contributed by atoms with Crippen molar-refractivity contribution in [2.75, 3.05) is 11.5 Å². The lowest BCUT2D eigenvalue weighted by Gasteiger charge is -2.07. The molecule has 0 aromatic carbocycles. The van der Waals surface area contributed by atoms with E-state index < -0.39 is 32.4 Å². The van der Waals surface area contributed by atoms with Crippen LogP contribution < -0.4 is 0 Å². The largest absolute Gasteiger partial charge is 0.272 e. The Balaban J connectivity index is 4.59. The predicted octanol–water partition coefficient (Wildman–Crippen LogP) is 0.832. The zero-order chi connectivity index (χ0) is 15.8. The fourth-order valence-electron chi connectivity index (χ4n) is 1.09. The van der Waals surface area contributed by atoms with E-state index in [2.05, 4.69) is 25.0 Å². The van der Waals surface area contributed by atoms with Gasteiger partial charge in [-0.1, -0.05) is 24.0 Å². The molecule has 0 N–H and O–H groups in total. The summed E-state index contributed by atoms with van der Waals surface area (Å²) in [6, 6.07) is 0. The maximum Gasteiger partial charge on any atom is 0.272 e. The number of rotatable bonds is 8. The Morgan fingerprint density at radius 3 is 1.45 bits per heavy atom.